The van der Waals surface area contributed by atoms with Gasteiger partial charge in [0.2, 0.25) is 0 Å². The summed E-state index contributed by atoms with van der Waals surface area (Å²) in [6.45, 7) is 3.01. The van der Waals surface area contributed by atoms with E-state index in [4.69, 9.17) is 26.8 Å². The number of hydrogen-bond donors (Lipinski definition) is 3. The zero-order valence-electron chi connectivity index (χ0n) is 17.1. The third-order valence-corrected chi connectivity index (χ3v) is 4.36. The summed E-state index contributed by atoms with van der Waals surface area (Å²) in [4.78, 5) is 15.1. The van der Waals surface area contributed by atoms with Crippen LogP contribution in [0, 0.1) is 0 Å². The first-order chi connectivity index (χ1) is 14.0. The summed E-state index contributed by atoms with van der Waals surface area (Å²) in [5.74, 6) is 1.39. The Labute approximate surface area is 199 Å². The van der Waals surface area contributed by atoms with Gasteiger partial charge in [0.25, 0.3) is 5.91 Å². The molecule has 0 aromatic heterocycles. The number of carbonyl (C=O) groups excluding carboxylic acids is 1. The summed E-state index contributed by atoms with van der Waals surface area (Å²) in [5.41, 5.74) is 6.08. The fourth-order valence-corrected chi connectivity index (χ4v) is 2.69. The van der Waals surface area contributed by atoms with E-state index in [2.05, 4.69) is 22.5 Å². The lowest BCUT2D eigenvalue weighted by molar-refractivity contribution is -0.119. The number of hydrogen-bond acceptors (Lipinski definition) is 4. The monoisotopic (exact) mass is 546 g/mol. The second-order valence-corrected chi connectivity index (χ2v) is 6.69. The van der Waals surface area contributed by atoms with E-state index in [-0.39, 0.29) is 36.7 Å². The first kappa shape index (κ1) is 25.8. The largest absolute Gasteiger partial charge is 0.487 e. The minimum absolute atomic E-state index is 0. The Morgan fingerprint density at radius 2 is 1.97 bits per heavy atom. The fraction of sp³-hybridized carbons (Fsp3) is 0.333. The highest BCUT2D eigenvalue weighted by Crippen LogP contribution is 2.24. The molecule has 1 unspecified atom stereocenters. The van der Waals surface area contributed by atoms with Crippen molar-refractivity contribution in [3.05, 3.63) is 59.1 Å². The number of nitrogens with zero attached hydrogens (tertiary/aromatic N) is 1. The zero-order chi connectivity index (χ0) is 21.1. The van der Waals surface area contributed by atoms with Crippen molar-refractivity contribution in [2.24, 2.45) is 10.7 Å². The first-order valence-corrected chi connectivity index (χ1v) is 9.75. The van der Waals surface area contributed by atoms with Crippen LogP contribution in [0.3, 0.4) is 0 Å². The number of guanidine groups is 1. The van der Waals surface area contributed by atoms with E-state index in [1.54, 1.807) is 19.2 Å². The Morgan fingerprint density at radius 1 is 1.20 bits per heavy atom. The van der Waals surface area contributed by atoms with Crippen molar-refractivity contribution >= 4 is 47.4 Å². The van der Waals surface area contributed by atoms with Crippen LogP contribution in [0.5, 0.6) is 11.5 Å². The maximum atomic E-state index is 10.8. The number of nitrogens with two attached hydrogens (primary N) is 1. The van der Waals surface area contributed by atoms with Crippen LogP contribution in [0.2, 0.25) is 5.02 Å². The van der Waals surface area contributed by atoms with Gasteiger partial charge in [-0.2, -0.15) is 0 Å². The molecule has 0 spiro atoms. The van der Waals surface area contributed by atoms with Crippen molar-refractivity contribution in [3.63, 3.8) is 0 Å². The average Bonchev–Trinajstić information content (AvgIpc) is 2.73. The van der Waals surface area contributed by atoms with E-state index in [1.807, 2.05) is 36.4 Å². The molecule has 0 aliphatic carbocycles. The summed E-state index contributed by atoms with van der Waals surface area (Å²) in [5, 5.41) is 7.10. The highest BCUT2D eigenvalue weighted by atomic mass is 127. The van der Waals surface area contributed by atoms with Gasteiger partial charge in [0.15, 0.2) is 12.6 Å². The number of para-hydroxylation sites is 1. The molecule has 0 radical (unpaired) electrons. The molecule has 2 aromatic rings. The second-order valence-electron chi connectivity index (χ2n) is 6.29. The maximum absolute atomic E-state index is 10.8. The molecule has 0 saturated carbocycles. The third-order valence-electron chi connectivity index (χ3n) is 4.05. The van der Waals surface area contributed by atoms with Crippen LogP contribution >= 0.6 is 35.6 Å². The Balaban J connectivity index is 0.00000450. The normalized spacial score (nSPS) is 11.8. The summed E-state index contributed by atoms with van der Waals surface area (Å²) >= 11 is 6.17. The molecule has 2 rings (SSSR count). The minimum atomic E-state index is -0.511. The molecule has 0 saturated heterocycles. The van der Waals surface area contributed by atoms with E-state index < -0.39 is 5.91 Å². The molecule has 0 aliphatic rings. The number of ether oxygens (including phenoxy) is 2. The Bertz CT molecular complexity index is 835. The molecular weight excluding hydrogens is 519 g/mol. The lowest BCUT2D eigenvalue weighted by Gasteiger charge is -2.20. The lowest BCUT2D eigenvalue weighted by Crippen LogP contribution is -2.42. The average molecular weight is 547 g/mol. The van der Waals surface area contributed by atoms with Crippen LogP contribution in [-0.2, 0) is 11.3 Å². The quantitative estimate of drug-likeness (QED) is 0.241. The van der Waals surface area contributed by atoms with E-state index in [0.717, 1.165) is 12.0 Å². The molecule has 7 nitrogen and oxygen atoms in total. The second kappa shape index (κ2) is 13.9. The lowest BCUT2D eigenvalue weighted by atomic mass is 10.2. The summed E-state index contributed by atoms with van der Waals surface area (Å²) in [6.07, 6.45) is 0.757. The number of primary amides is 1. The predicted molar refractivity (Wildman–Crippen MR) is 131 cm³/mol. The fourth-order valence-electron chi connectivity index (χ4n) is 2.51. The summed E-state index contributed by atoms with van der Waals surface area (Å²) < 4.78 is 11.3. The Kier molecular flexibility index (Phi) is 12.0. The van der Waals surface area contributed by atoms with Crippen molar-refractivity contribution in [3.8, 4) is 11.5 Å². The maximum Gasteiger partial charge on any atom is 0.255 e. The van der Waals surface area contributed by atoms with Gasteiger partial charge in [-0.3, -0.25) is 9.79 Å². The van der Waals surface area contributed by atoms with E-state index in [0.29, 0.717) is 35.6 Å². The van der Waals surface area contributed by atoms with Crippen molar-refractivity contribution in [2.45, 2.75) is 26.0 Å². The Hall–Kier alpha value is -2.20. The molecule has 9 heteroatoms. The number of amides is 1. The van der Waals surface area contributed by atoms with Gasteiger partial charge in [-0.25, -0.2) is 0 Å². The van der Waals surface area contributed by atoms with Gasteiger partial charge in [0, 0.05) is 13.6 Å². The number of rotatable bonds is 10. The van der Waals surface area contributed by atoms with E-state index in [9.17, 15) is 4.79 Å². The smallest absolute Gasteiger partial charge is 0.255 e. The number of aliphatic imine (C=N–C) groups is 1. The molecule has 1 amide bonds. The van der Waals surface area contributed by atoms with Gasteiger partial charge < -0.3 is 25.8 Å². The van der Waals surface area contributed by atoms with Crippen molar-refractivity contribution in [1.82, 2.24) is 10.6 Å². The third kappa shape index (κ3) is 9.08. The van der Waals surface area contributed by atoms with Gasteiger partial charge >= 0.3 is 0 Å². The van der Waals surface area contributed by atoms with Gasteiger partial charge in [0.05, 0.1) is 11.6 Å². The highest BCUT2D eigenvalue weighted by Gasteiger charge is 2.11. The SMILES string of the molecule is CCC(CNC(=NC)NCc1cccc(OCC(N)=O)c1)Oc1ccccc1Cl.I. The van der Waals surface area contributed by atoms with Gasteiger partial charge in [-0.1, -0.05) is 42.8 Å². The zero-order valence-corrected chi connectivity index (χ0v) is 20.1. The Morgan fingerprint density at radius 3 is 2.63 bits per heavy atom. The van der Waals surface area contributed by atoms with Gasteiger partial charge in [0.1, 0.15) is 17.6 Å². The molecule has 0 fully saturated rings. The summed E-state index contributed by atoms with van der Waals surface area (Å²) in [7, 11) is 1.71. The van der Waals surface area contributed by atoms with Crippen LogP contribution in [0.4, 0.5) is 0 Å². The van der Waals surface area contributed by atoms with Crippen LogP contribution in [0.25, 0.3) is 0 Å². The minimum Gasteiger partial charge on any atom is -0.487 e. The number of benzene rings is 2. The molecule has 0 heterocycles. The molecule has 30 heavy (non-hydrogen) atoms. The van der Waals surface area contributed by atoms with Crippen LogP contribution in [0.15, 0.2) is 53.5 Å². The topological polar surface area (TPSA) is 98.0 Å². The van der Waals surface area contributed by atoms with Crippen LogP contribution < -0.4 is 25.8 Å². The molecule has 0 aliphatic heterocycles. The molecule has 2 aromatic carbocycles. The number of halogens is 2. The van der Waals surface area contributed by atoms with Crippen LogP contribution in [0.1, 0.15) is 18.9 Å². The van der Waals surface area contributed by atoms with Crippen LogP contribution in [-0.4, -0.2) is 38.2 Å². The molecule has 1 atom stereocenters. The number of nitrogens with one attached hydrogen (secondary N) is 2. The molecule has 164 valence electrons. The van der Waals surface area contributed by atoms with Crippen molar-refractivity contribution in [1.29, 1.82) is 0 Å². The molecule has 4 N–H and O–H groups in total. The van der Waals surface area contributed by atoms with E-state index in [1.165, 1.54) is 0 Å². The number of carbonyl (C=O) groups is 1. The van der Waals surface area contributed by atoms with Gasteiger partial charge in [-0.15, -0.1) is 24.0 Å². The summed E-state index contributed by atoms with van der Waals surface area (Å²) in [6, 6.07) is 14.8. The first-order valence-electron chi connectivity index (χ1n) is 9.37. The van der Waals surface area contributed by atoms with Crippen molar-refractivity contribution < 1.29 is 14.3 Å². The van der Waals surface area contributed by atoms with Gasteiger partial charge in [-0.05, 0) is 36.2 Å². The van der Waals surface area contributed by atoms with E-state index >= 15 is 0 Å². The predicted octanol–water partition coefficient (Wildman–Crippen LogP) is 3.34. The molecule has 0 bridgehead atoms. The highest BCUT2D eigenvalue weighted by molar-refractivity contribution is 14.0. The standard InChI is InChI=1S/C21H27ClN4O3.HI/c1-3-16(29-19-10-5-4-9-18(19)22)13-26-21(24-2)25-12-15-7-6-8-17(11-15)28-14-20(23)27;/h4-11,16H,3,12-14H2,1-2H3,(H2,23,27)(H2,24,25,26);1H. The van der Waals surface area contributed by atoms with Crippen molar-refractivity contribution in [2.75, 3.05) is 20.2 Å². The molecular formula is C21H28ClIN4O3.